The van der Waals surface area contributed by atoms with Crippen LogP contribution in [0.1, 0.15) is 26.3 Å². The highest BCUT2D eigenvalue weighted by Gasteiger charge is 2.10. The molecule has 3 aromatic carbocycles. The van der Waals surface area contributed by atoms with Gasteiger partial charge in [0, 0.05) is 21.7 Å². The lowest BCUT2D eigenvalue weighted by molar-refractivity contribution is 0.101. The lowest BCUT2D eigenvalue weighted by Gasteiger charge is -2.08. The smallest absolute Gasteiger partial charge is 0.255 e. The van der Waals surface area contributed by atoms with E-state index >= 15 is 0 Å². The first kappa shape index (κ1) is 19.7. The van der Waals surface area contributed by atoms with Gasteiger partial charge in [-0.15, -0.1) is 11.8 Å². The molecule has 4 nitrogen and oxygen atoms in total. The quantitative estimate of drug-likeness (QED) is 0.442. The number of rotatable bonds is 7. The van der Waals surface area contributed by atoms with Crippen LogP contribution in [0.3, 0.4) is 0 Å². The van der Waals surface area contributed by atoms with Gasteiger partial charge in [0.2, 0.25) is 0 Å². The number of Topliss-reactive ketones (excluding diaryl/α,β-unsaturated/α-hetero) is 1. The Balaban J connectivity index is 1.63. The van der Waals surface area contributed by atoms with Crippen LogP contribution in [0.2, 0.25) is 0 Å². The SMILES string of the molecule is COc1cccc(C(=O)CSc2cccc(NC(=O)c3cccc(C)c3)c2)c1. The van der Waals surface area contributed by atoms with Crippen molar-refractivity contribution in [3.63, 3.8) is 0 Å². The fraction of sp³-hybridized carbons (Fsp3) is 0.130. The summed E-state index contributed by atoms with van der Waals surface area (Å²) in [5.74, 6) is 0.843. The number of anilines is 1. The largest absolute Gasteiger partial charge is 0.497 e. The zero-order valence-corrected chi connectivity index (χ0v) is 16.6. The molecular formula is C23H21NO3S. The molecule has 0 unspecified atom stereocenters. The van der Waals surface area contributed by atoms with Gasteiger partial charge in [-0.2, -0.15) is 0 Å². The first-order chi connectivity index (χ1) is 13.5. The number of amides is 1. The molecule has 1 amide bonds. The zero-order valence-electron chi connectivity index (χ0n) is 15.8. The fourth-order valence-corrected chi connectivity index (χ4v) is 3.53. The molecule has 0 saturated heterocycles. The van der Waals surface area contributed by atoms with Crippen molar-refractivity contribution in [2.75, 3.05) is 18.2 Å². The predicted octanol–water partition coefficient (Wildman–Crippen LogP) is 5.23. The summed E-state index contributed by atoms with van der Waals surface area (Å²) in [5.41, 5.74) is 2.97. The molecule has 0 aliphatic carbocycles. The van der Waals surface area contributed by atoms with E-state index in [0.717, 1.165) is 10.5 Å². The highest BCUT2D eigenvalue weighted by Crippen LogP contribution is 2.24. The van der Waals surface area contributed by atoms with E-state index in [1.54, 1.807) is 31.4 Å². The summed E-state index contributed by atoms with van der Waals surface area (Å²) >= 11 is 1.43. The van der Waals surface area contributed by atoms with Crippen molar-refractivity contribution in [2.24, 2.45) is 0 Å². The summed E-state index contributed by atoms with van der Waals surface area (Å²) in [4.78, 5) is 25.7. The van der Waals surface area contributed by atoms with E-state index in [4.69, 9.17) is 4.74 Å². The van der Waals surface area contributed by atoms with Gasteiger partial charge in [0.1, 0.15) is 5.75 Å². The summed E-state index contributed by atoms with van der Waals surface area (Å²) in [6.07, 6.45) is 0. The van der Waals surface area contributed by atoms with Gasteiger partial charge < -0.3 is 10.1 Å². The van der Waals surface area contributed by atoms with E-state index in [0.29, 0.717) is 28.3 Å². The molecule has 0 radical (unpaired) electrons. The number of aryl methyl sites for hydroxylation is 1. The van der Waals surface area contributed by atoms with Gasteiger partial charge in [0.15, 0.2) is 5.78 Å². The predicted molar refractivity (Wildman–Crippen MR) is 114 cm³/mol. The van der Waals surface area contributed by atoms with Crippen LogP contribution in [0.25, 0.3) is 0 Å². The fourth-order valence-electron chi connectivity index (χ4n) is 2.68. The maximum absolute atomic E-state index is 12.4. The molecular weight excluding hydrogens is 370 g/mol. The second kappa shape index (κ2) is 9.24. The number of ketones is 1. The molecule has 0 saturated carbocycles. The van der Waals surface area contributed by atoms with Crippen molar-refractivity contribution in [3.05, 3.63) is 89.5 Å². The summed E-state index contributed by atoms with van der Waals surface area (Å²) in [6.45, 7) is 1.95. The van der Waals surface area contributed by atoms with E-state index in [-0.39, 0.29) is 11.7 Å². The van der Waals surface area contributed by atoms with Gasteiger partial charge in [-0.05, 0) is 49.4 Å². The second-order valence-corrected chi connectivity index (χ2v) is 7.34. The third-order valence-electron chi connectivity index (χ3n) is 4.13. The van der Waals surface area contributed by atoms with Crippen LogP contribution in [0.4, 0.5) is 5.69 Å². The Morgan fingerprint density at radius 3 is 2.46 bits per heavy atom. The molecule has 0 aliphatic heterocycles. The molecule has 3 aromatic rings. The van der Waals surface area contributed by atoms with Gasteiger partial charge in [-0.1, -0.05) is 35.9 Å². The normalized spacial score (nSPS) is 10.4. The lowest BCUT2D eigenvalue weighted by Crippen LogP contribution is -2.11. The molecule has 0 fully saturated rings. The van der Waals surface area contributed by atoms with E-state index in [2.05, 4.69) is 5.32 Å². The first-order valence-corrected chi connectivity index (χ1v) is 9.82. The van der Waals surface area contributed by atoms with Crippen molar-refractivity contribution in [1.82, 2.24) is 0 Å². The molecule has 0 spiro atoms. The summed E-state index contributed by atoms with van der Waals surface area (Å²) in [7, 11) is 1.58. The van der Waals surface area contributed by atoms with Gasteiger partial charge in [0.05, 0.1) is 12.9 Å². The maximum atomic E-state index is 12.4. The van der Waals surface area contributed by atoms with Crippen molar-refractivity contribution in [2.45, 2.75) is 11.8 Å². The third-order valence-corrected chi connectivity index (χ3v) is 5.13. The van der Waals surface area contributed by atoms with Gasteiger partial charge >= 0.3 is 0 Å². The highest BCUT2D eigenvalue weighted by molar-refractivity contribution is 8.00. The van der Waals surface area contributed by atoms with Crippen molar-refractivity contribution < 1.29 is 14.3 Å². The van der Waals surface area contributed by atoms with E-state index in [9.17, 15) is 9.59 Å². The third kappa shape index (κ3) is 5.24. The van der Waals surface area contributed by atoms with Crippen molar-refractivity contribution in [3.8, 4) is 5.75 Å². The van der Waals surface area contributed by atoms with Crippen LogP contribution in [-0.4, -0.2) is 24.6 Å². The Hall–Kier alpha value is -3.05. The molecule has 0 aliphatic rings. The molecule has 5 heteroatoms. The molecule has 142 valence electrons. The van der Waals surface area contributed by atoms with Gasteiger partial charge in [0.25, 0.3) is 5.91 Å². The minimum absolute atomic E-state index is 0.0260. The minimum atomic E-state index is -0.154. The van der Waals surface area contributed by atoms with Gasteiger partial charge in [-0.3, -0.25) is 9.59 Å². The molecule has 0 bridgehead atoms. The highest BCUT2D eigenvalue weighted by atomic mass is 32.2. The Morgan fingerprint density at radius 2 is 1.68 bits per heavy atom. The van der Waals surface area contributed by atoms with E-state index in [1.807, 2.05) is 55.5 Å². The monoisotopic (exact) mass is 391 g/mol. The lowest BCUT2D eigenvalue weighted by atomic mass is 10.1. The Kier molecular flexibility index (Phi) is 6.50. The number of ether oxygens (including phenoxy) is 1. The second-order valence-electron chi connectivity index (χ2n) is 6.30. The van der Waals surface area contributed by atoms with Gasteiger partial charge in [-0.25, -0.2) is 0 Å². The first-order valence-electron chi connectivity index (χ1n) is 8.83. The number of carbonyl (C=O) groups is 2. The van der Waals surface area contributed by atoms with E-state index in [1.165, 1.54) is 11.8 Å². The molecule has 3 rings (SSSR count). The number of methoxy groups -OCH3 is 1. The van der Waals surface area contributed by atoms with Crippen LogP contribution in [0, 0.1) is 6.92 Å². The number of hydrogen-bond donors (Lipinski definition) is 1. The minimum Gasteiger partial charge on any atom is -0.497 e. The molecule has 0 aromatic heterocycles. The Bertz CT molecular complexity index is 1000. The van der Waals surface area contributed by atoms with Crippen LogP contribution < -0.4 is 10.1 Å². The molecule has 0 atom stereocenters. The standard InChI is InChI=1S/C23H21NO3S/c1-16-6-3-8-18(12-16)23(26)24-19-9-5-11-21(14-19)28-15-22(25)17-7-4-10-20(13-17)27-2/h3-14H,15H2,1-2H3,(H,24,26). The summed E-state index contributed by atoms with van der Waals surface area (Å²) in [6, 6.07) is 22.1. The van der Waals surface area contributed by atoms with Crippen LogP contribution in [0.5, 0.6) is 5.75 Å². The van der Waals surface area contributed by atoms with Crippen LogP contribution >= 0.6 is 11.8 Å². The molecule has 0 heterocycles. The number of hydrogen-bond acceptors (Lipinski definition) is 4. The summed E-state index contributed by atoms with van der Waals surface area (Å²) < 4.78 is 5.17. The number of nitrogens with one attached hydrogen (secondary N) is 1. The summed E-state index contributed by atoms with van der Waals surface area (Å²) in [5, 5.41) is 2.91. The van der Waals surface area contributed by atoms with E-state index < -0.39 is 0 Å². The topological polar surface area (TPSA) is 55.4 Å². The van der Waals surface area contributed by atoms with Crippen LogP contribution in [-0.2, 0) is 0 Å². The van der Waals surface area contributed by atoms with Crippen molar-refractivity contribution >= 4 is 29.1 Å². The maximum Gasteiger partial charge on any atom is 0.255 e. The average Bonchev–Trinajstić information content (AvgIpc) is 2.72. The number of benzene rings is 3. The van der Waals surface area contributed by atoms with Crippen LogP contribution in [0.15, 0.2) is 77.7 Å². The molecule has 1 N–H and O–H groups in total. The number of thioether (sulfide) groups is 1. The van der Waals surface area contributed by atoms with Crippen molar-refractivity contribution in [1.29, 1.82) is 0 Å². The Morgan fingerprint density at radius 1 is 0.929 bits per heavy atom. The molecule has 28 heavy (non-hydrogen) atoms. The average molecular weight is 391 g/mol. The Labute approximate surface area is 168 Å². The zero-order chi connectivity index (χ0) is 19.9. The number of carbonyl (C=O) groups excluding carboxylic acids is 2.